The van der Waals surface area contributed by atoms with Crippen molar-refractivity contribution in [3.63, 3.8) is 0 Å². The van der Waals surface area contributed by atoms with Gasteiger partial charge in [-0.2, -0.15) is 0 Å². The first-order chi connectivity index (χ1) is 8.08. The molecular formula is C13H16FNO2. The van der Waals surface area contributed by atoms with Gasteiger partial charge in [-0.25, -0.2) is 4.39 Å². The van der Waals surface area contributed by atoms with Crippen LogP contribution in [-0.2, 0) is 0 Å². The lowest BCUT2D eigenvalue weighted by molar-refractivity contribution is 0.101. The molecule has 0 amide bonds. The summed E-state index contributed by atoms with van der Waals surface area (Å²) in [5, 5.41) is 9.44. The summed E-state index contributed by atoms with van der Waals surface area (Å²) in [6.07, 6.45) is 1.12. The fraction of sp³-hybridized carbons (Fsp3) is 0.462. The molecule has 0 atom stereocenters. The zero-order chi connectivity index (χ0) is 12.4. The maximum atomic E-state index is 13.1. The quantitative estimate of drug-likeness (QED) is 0.800. The third kappa shape index (κ3) is 2.64. The number of halogens is 1. The monoisotopic (exact) mass is 237 g/mol. The van der Waals surface area contributed by atoms with Crippen molar-refractivity contribution in [1.29, 1.82) is 0 Å². The van der Waals surface area contributed by atoms with Gasteiger partial charge in [-0.05, 0) is 38.0 Å². The fourth-order valence-corrected chi connectivity index (χ4v) is 2.17. The molecule has 0 spiro atoms. The number of carbonyl (C=O) groups is 1. The second kappa shape index (κ2) is 4.84. The van der Waals surface area contributed by atoms with E-state index >= 15 is 0 Å². The lowest BCUT2D eigenvalue weighted by atomic mass is 10.0. The van der Waals surface area contributed by atoms with Crippen molar-refractivity contribution in [1.82, 2.24) is 0 Å². The Morgan fingerprint density at radius 2 is 2.06 bits per heavy atom. The summed E-state index contributed by atoms with van der Waals surface area (Å²) < 4.78 is 13.1. The zero-order valence-corrected chi connectivity index (χ0v) is 9.82. The van der Waals surface area contributed by atoms with Crippen LogP contribution in [0.5, 0.6) is 0 Å². The molecule has 3 nitrogen and oxygen atoms in total. The molecule has 0 radical (unpaired) electrons. The van der Waals surface area contributed by atoms with Crippen LogP contribution in [0.1, 0.15) is 30.1 Å². The lowest BCUT2D eigenvalue weighted by Crippen LogP contribution is -2.36. The average Bonchev–Trinajstić information content (AvgIpc) is 2.30. The highest BCUT2D eigenvalue weighted by Crippen LogP contribution is 2.25. The van der Waals surface area contributed by atoms with Crippen molar-refractivity contribution in [3.05, 3.63) is 29.6 Å². The minimum Gasteiger partial charge on any atom is -0.393 e. The van der Waals surface area contributed by atoms with Crippen molar-refractivity contribution >= 4 is 11.5 Å². The van der Waals surface area contributed by atoms with E-state index in [-0.39, 0.29) is 11.9 Å². The number of rotatable bonds is 2. The van der Waals surface area contributed by atoms with Crippen molar-refractivity contribution in [3.8, 4) is 0 Å². The number of carbonyl (C=O) groups excluding carboxylic acids is 1. The predicted molar refractivity (Wildman–Crippen MR) is 63.9 cm³/mol. The van der Waals surface area contributed by atoms with Crippen LogP contribution >= 0.6 is 0 Å². The summed E-state index contributed by atoms with van der Waals surface area (Å²) in [6.45, 7) is 2.84. The number of ketones is 1. The molecule has 1 fully saturated rings. The summed E-state index contributed by atoms with van der Waals surface area (Å²) in [6, 6.07) is 4.29. The molecule has 1 aromatic carbocycles. The van der Waals surface area contributed by atoms with E-state index in [0.717, 1.165) is 5.69 Å². The van der Waals surface area contributed by atoms with Crippen LogP contribution in [0.25, 0.3) is 0 Å². The molecule has 1 N–H and O–H groups in total. The Bertz CT molecular complexity index is 425. The van der Waals surface area contributed by atoms with Gasteiger partial charge in [-0.1, -0.05) is 0 Å². The third-order valence-electron chi connectivity index (χ3n) is 3.14. The zero-order valence-electron chi connectivity index (χ0n) is 9.82. The van der Waals surface area contributed by atoms with Gasteiger partial charge in [-0.15, -0.1) is 0 Å². The summed E-state index contributed by atoms with van der Waals surface area (Å²) in [4.78, 5) is 13.5. The average molecular weight is 237 g/mol. The number of piperidine rings is 1. The van der Waals surface area contributed by atoms with Crippen molar-refractivity contribution in [2.24, 2.45) is 0 Å². The number of Topliss-reactive ketones (excluding diaryl/α,β-unsaturated/α-hetero) is 1. The second-order valence-electron chi connectivity index (χ2n) is 4.44. The van der Waals surface area contributed by atoms with Gasteiger partial charge in [0.25, 0.3) is 0 Å². The minimum absolute atomic E-state index is 0.134. The predicted octanol–water partition coefficient (Wildman–Crippen LogP) is 1.99. The Hall–Kier alpha value is -1.42. The standard InChI is InChI=1S/C13H16FNO2/c1-9(16)12-8-10(14)2-3-13(12)15-6-4-11(17)5-7-15/h2-3,8,11,17H,4-7H2,1H3. The van der Waals surface area contributed by atoms with Gasteiger partial charge in [0.2, 0.25) is 0 Å². The van der Waals surface area contributed by atoms with Gasteiger partial charge < -0.3 is 10.0 Å². The number of anilines is 1. The highest BCUT2D eigenvalue weighted by Gasteiger charge is 2.20. The van der Waals surface area contributed by atoms with E-state index in [2.05, 4.69) is 0 Å². The highest BCUT2D eigenvalue weighted by molar-refractivity contribution is 5.99. The maximum Gasteiger partial charge on any atom is 0.161 e. The van der Waals surface area contributed by atoms with Gasteiger partial charge in [0.1, 0.15) is 5.82 Å². The van der Waals surface area contributed by atoms with E-state index < -0.39 is 5.82 Å². The van der Waals surface area contributed by atoms with Crippen LogP contribution in [0.15, 0.2) is 18.2 Å². The molecule has 1 aliphatic rings. The number of nitrogens with zero attached hydrogens (tertiary/aromatic N) is 1. The Morgan fingerprint density at radius 3 is 2.65 bits per heavy atom. The first-order valence-electron chi connectivity index (χ1n) is 5.81. The van der Waals surface area contributed by atoms with Gasteiger partial charge in [0.05, 0.1) is 6.10 Å². The van der Waals surface area contributed by atoms with Gasteiger partial charge in [0, 0.05) is 24.3 Å². The molecule has 4 heteroatoms. The van der Waals surface area contributed by atoms with Gasteiger partial charge in [-0.3, -0.25) is 4.79 Å². The maximum absolute atomic E-state index is 13.1. The van der Waals surface area contributed by atoms with Crippen LogP contribution < -0.4 is 4.90 Å². The van der Waals surface area contributed by atoms with Crippen LogP contribution in [0.4, 0.5) is 10.1 Å². The number of hydrogen-bond acceptors (Lipinski definition) is 3. The Kier molecular flexibility index (Phi) is 3.43. The minimum atomic E-state index is -0.393. The van der Waals surface area contributed by atoms with Crippen molar-refractivity contribution in [2.45, 2.75) is 25.9 Å². The topological polar surface area (TPSA) is 40.5 Å². The van der Waals surface area contributed by atoms with E-state index in [9.17, 15) is 14.3 Å². The largest absolute Gasteiger partial charge is 0.393 e. The summed E-state index contributed by atoms with van der Waals surface area (Å²) in [5.41, 5.74) is 1.19. The summed E-state index contributed by atoms with van der Waals surface area (Å²) >= 11 is 0. The first-order valence-corrected chi connectivity index (χ1v) is 5.81. The second-order valence-corrected chi connectivity index (χ2v) is 4.44. The van der Waals surface area contributed by atoms with Gasteiger partial charge in [0.15, 0.2) is 5.78 Å². The Labute approximate surface area is 99.9 Å². The Morgan fingerprint density at radius 1 is 1.41 bits per heavy atom. The molecule has 0 unspecified atom stereocenters. The summed E-state index contributed by atoms with van der Waals surface area (Å²) in [7, 11) is 0. The number of hydrogen-bond donors (Lipinski definition) is 1. The molecule has 0 aliphatic carbocycles. The lowest BCUT2D eigenvalue weighted by Gasteiger charge is -2.32. The molecule has 2 rings (SSSR count). The van der Waals surface area contributed by atoms with E-state index in [1.54, 1.807) is 6.07 Å². The smallest absolute Gasteiger partial charge is 0.161 e. The number of aliphatic hydroxyl groups is 1. The van der Waals surface area contributed by atoms with E-state index in [1.165, 1.54) is 19.1 Å². The molecule has 1 saturated heterocycles. The molecule has 1 heterocycles. The van der Waals surface area contributed by atoms with Crippen LogP contribution in [-0.4, -0.2) is 30.1 Å². The third-order valence-corrected chi connectivity index (χ3v) is 3.14. The molecule has 92 valence electrons. The molecule has 1 aliphatic heterocycles. The first kappa shape index (κ1) is 12.0. The summed E-state index contributed by atoms with van der Waals surface area (Å²) in [5.74, 6) is -0.526. The Balaban J connectivity index is 2.28. The normalized spacial score (nSPS) is 17.2. The number of aliphatic hydroxyl groups excluding tert-OH is 1. The molecule has 0 saturated carbocycles. The van der Waals surface area contributed by atoms with Crippen LogP contribution in [0.3, 0.4) is 0 Å². The highest BCUT2D eigenvalue weighted by atomic mass is 19.1. The molecule has 17 heavy (non-hydrogen) atoms. The SMILES string of the molecule is CC(=O)c1cc(F)ccc1N1CCC(O)CC1. The van der Waals surface area contributed by atoms with E-state index in [1.807, 2.05) is 4.90 Å². The molecule has 0 aromatic heterocycles. The van der Waals surface area contributed by atoms with Crippen molar-refractivity contribution < 1.29 is 14.3 Å². The van der Waals surface area contributed by atoms with Crippen molar-refractivity contribution in [2.75, 3.05) is 18.0 Å². The molecule has 0 bridgehead atoms. The van der Waals surface area contributed by atoms with Crippen LogP contribution in [0.2, 0.25) is 0 Å². The molecular weight excluding hydrogens is 221 g/mol. The van der Waals surface area contributed by atoms with E-state index in [4.69, 9.17) is 0 Å². The van der Waals surface area contributed by atoms with Gasteiger partial charge >= 0.3 is 0 Å². The van der Waals surface area contributed by atoms with Crippen LogP contribution in [0, 0.1) is 5.82 Å². The fourth-order valence-electron chi connectivity index (χ4n) is 2.17. The van der Waals surface area contributed by atoms with E-state index in [0.29, 0.717) is 31.5 Å². The molecule has 1 aromatic rings. The number of benzene rings is 1.